The molecule has 0 radical (unpaired) electrons. The Kier molecular flexibility index (Phi) is 4.98. The Morgan fingerprint density at radius 3 is 2.64 bits per heavy atom. The number of aromatic nitrogens is 3. The van der Waals surface area contributed by atoms with Gasteiger partial charge in [-0.3, -0.25) is 4.57 Å². The predicted molar refractivity (Wildman–Crippen MR) is 89.0 cm³/mol. The minimum absolute atomic E-state index is 0.552. The second-order valence-electron chi connectivity index (χ2n) is 4.45. The van der Waals surface area contributed by atoms with Gasteiger partial charge in [-0.15, -0.1) is 10.2 Å². The van der Waals surface area contributed by atoms with Gasteiger partial charge < -0.3 is 4.74 Å². The first kappa shape index (κ1) is 14.9. The average molecular weight is 332 g/mol. The van der Waals surface area contributed by atoms with Gasteiger partial charge in [-0.1, -0.05) is 53.7 Å². The Balaban J connectivity index is 1.57. The van der Waals surface area contributed by atoms with Gasteiger partial charge in [-0.05, 0) is 24.3 Å². The summed E-state index contributed by atoms with van der Waals surface area (Å²) in [6.07, 6.45) is 1.71. The minimum Gasteiger partial charge on any atom is -0.491 e. The standard InChI is InChI=1S/C16H14ClN3OS/c17-14-8-4-5-9-15(14)21-10-11-22-16-19-18-12-20(16)13-6-2-1-3-7-13/h1-9,12H,10-11H2. The number of ether oxygens (including phenoxy) is 1. The van der Waals surface area contributed by atoms with E-state index in [1.54, 1.807) is 18.1 Å². The average Bonchev–Trinajstić information content (AvgIpc) is 3.02. The molecule has 0 aliphatic heterocycles. The van der Waals surface area contributed by atoms with Gasteiger partial charge in [-0.2, -0.15) is 0 Å². The molecule has 4 nitrogen and oxygen atoms in total. The van der Waals surface area contributed by atoms with Crippen molar-refractivity contribution in [1.29, 1.82) is 0 Å². The Bertz CT molecular complexity index is 733. The first-order valence-corrected chi connectivity index (χ1v) is 8.16. The molecule has 0 bridgehead atoms. The first-order chi connectivity index (χ1) is 10.8. The van der Waals surface area contributed by atoms with E-state index < -0.39 is 0 Å². The highest BCUT2D eigenvalue weighted by atomic mass is 35.5. The van der Waals surface area contributed by atoms with E-state index in [0.717, 1.165) is 16.6 Å². The molecular weight excluding hydrogens is 318 g/mol. The summed E-state index contributed by atoms with van der Waals surface area (Å²) in [7, 11) is 0. The zero-order valence-corrected chi connectivity index (χ0v) is 13.3. The number of para-hydroxylation sites is 2. The van der Waals surface area contributed by atoms with Gasteiger partial charge >= 0.3 is 0 Å². The largest absolute Gasteiger partial charge is 0.491 e. The van der Waals surface area contributed by atoms with Crippen molar-refractivity contribution in [3.8, 4) is 11.4 Å². The molecule has 3 aromatic rings. The molecule has 0 spiro atoms. The molecule has 0 saturated carbocycles. The van der Waals surface area contributed by atoms with Crippen molar-refractivity contribution in [3.63, 3.8) is 0 Å². The quantitative estimate of drug-likeness (QED) is 0.504. The zero-order chi connectivity index (χ0) is 15.2. The molecule has 6 heteroatoms. The van der Waals surface area contributed by atoms with Crippen molar-refractivity contribution in [2.45, 2.75) is 5.16 Å². The van der Waals surface area contributed by atoms with Crippen LogP contribution in [-0.4, -0.2) is 27.1 Å². The molecule has 1 aromatic heterocycles. The van der Waals surface area contributed by atoms with Gasteiger partial charge in [0.1, 0.15) is 12.1 Å². The molecule has 0 aliphatic rings. The maximum absolute atomic E-state index is 6.05. The topological polar surface area (TPSA) is 39.9 Å². The van der Waals surface area contributed by atoms with Crippen molar-refractivity contribution < 1.29 is 4.74 Å². The number of nitrogens with zero attached hydrogens (tertiary/aromatic N) is 3. The summed E-state index contributed by atoms with van der Waals surface area (Å²) in [6, 6.07) is 17.5. The van der Waals surface area contributed by atoms with Crippen LogP contribution in [0.1, 0.15) is 0 Å². The number of hydrogen-bond donors (Lipinski definition) is 0. The van der Waals surface area contributed by atoms with Crippen LogP contribution in [0.15, 0.2) is 66.1 Å². The van der Waals surface area contributed by atoms with Crippen LogP contribution in [0.4, 0.5) is 0 Å². The molecular formula is C16H14ClN3OS. The fraction of sp³-hybridized carbons (Fsp3) is 0.125. The van der Waals surface area contributed by atoms with E-state index in [0.29, 0.717) is 17.4 Å². The summed E-state index contributed by atoms with van der Waals surface area (Å²) in [4.78, 5) is 0. The highest BCUT2D eigenvalue weighted by Crippen LogP contribution is 2.24. The molecule has 112 valence electrons. The third-order valence-electron chi connectivity index (χ3n) is 2.96. The van der Waals surface area contributed by atoms with Gasteiger partial charge in [-0.25, -0.2) is 0 Å². The van der Waals surface area contributed by atoms with Crippen LogP contribution in [0.3, 0.4) is 0 Å². The monoisotopic (exact) mass is 331 g/mol. The number of rotatable bonds is 6. The SMILES string of the molecule is Clc1ccccc1OCCSc1nncn1-c1ccccc1. The van der Waals surface area contributed by atoms with E-state index in [2.05, 4.69) is 10.2 Å². The Morgan fingerprint density at radius 1 is 1.05 bits per heavy atom. The second kappa shape index (κ2) is 7.33. The molecule has 0 amide bonds. The Hall–Kier alpha value is -1.98. The molecule has 0 saturated heterocycles. The maximum atomic E-state index is 6.05. The van der Waals surface area contributed by atoms with E-state index in [-0.39, 0.29) is 0 Å². The maximum Gasteiger partial charge on any atom is 0.195 e. The Morgan fingerprint density at radius 2 is 1.82 bits per heavy atom. The zero-order valence-electron chi connectivity index (χ0n) is 11.7. The lowest BCUT2D eigenvalue weighted by atomic mass is 10.3. The lowest BCUT2D eigenvalue weighted by Gasteiger charge is -2.08. The summed E-state index contributed by atoms with van der Waals surface area (Å²) in [5, 5.41) is 9.60. The van der Waals surface area contributed by atoms with Crippen molar-refractivity contribution in [1.82, 2.24) is 14.8 Å². The second-order valence-corrected chi connectivity index (χ2v) is 5.92. The van der Waals surface area contributed by atoms with Crippen LogP contribution in [0.5, 0.6) is 5.75 Å². The lowest BCUT2D eigenvalue weighted by Crippen LogP contribution is -2.02. The van der Waals surface area contributed by atoms with E-state index in [9.17, 15) is 0 Å². The number of halogens is 1. The highest BCUT2D eigenvalue weighted by molar-refractivity contribution is 7.99. The third-order valence-corrected chi connectivity index (χ3v) is 4.18. The van der Waals surface area contributed by atoms with Gasteiger partial charge in [0.05, 0.1) is 11.6 Å². The molecule has 2 aromatic carbocycles. The van der Waals surface area contributed by atoms with Crippen LogP contribution in [0.2, 0.25) is 5.02 Å². The van der Waals surface area contributed by atoms with Gasteiger partial charge in [0.15, 0.2) is 5.16 Å². The summed E-state index contributed by atoms with van der Waals surface area (Å²) in [5.74, 6) is 1.46. The van der Waals surface area contributed by atoms with Gasteiger partial charge in [0.2, 0.25) is 0 Å². The van der Waals surface area contributed by atoms with Crippen molar-refractivity contribution in [2.24, 2.45) is 0 Å². The normalized spacial score (nSPS) is 10.6. The van der Waals surface area contributed by atoms with E-state index in [1.165, 1.54) is 0 Å². The molecule has 0 N–H and O–H groups in total. The van der Waals surface area contributed by atoms with Crippen LogP contribution in [0.25, 0.3) is 5.69 Å². The van der Waals surface area contributed by atoms with Gasteiger partial charge in [0, 0.05) is 11.4 Å². The van der Waals surface area contributed by atoms with Crippen LogP contribution >= 0.6 is 23.4 Å². The molecule has 1 heterocycles. The molecule has 0 aliphatic carbocycles. The fourth-order valence-corrected chi connectivity index (χ4v) is 2.87. The molecule has 3 rings (SSSR count). The number of benzene rings is 2. The highest BCUT2D eigenvalue weighted by Gasteiger charge is 2.07. The summed E-state index contributed by atoms with van der Waals surface area (Å²) in [5.41, 5.74) is 1.04. The number of thioether (sulfide) groups is 1. The summed E-state index contributed by atoms with van der Waals surface area (Å²) >= 11 is 7.64. The number of hydrogen-bond acceptors (Lipinski definition) is 4. The van der Waals surface area contributed by atoms with E-state index in [1.807, 2.05) is 59.2 Å². The molecule has 0 atom stereocenters. The Labute approximate surface area is 138 Å². The molecule has 0 fully saturated rings. The van der Waals surface area contributed by atoms with Gasteiger partial charge in [0.25, 0.3) is 0 Å². The third kappa shape index (κ3) is 3.61. The fourth-order valence-electron chi connectivity index (χ4n) is 1.93. The smallest absolute Gasteiger partial charge is 0.195 e. The first-order valence-electron chi connectivity index (χ1n) is 6.80. The van der Waals surface area contributed by atoms with Crippen LogP contribution in [-0.2, 0) is 0 Å². The minimum atomic E-state index is 0.552. The van der Waals surface area contributed by atoms with Crippen molar-refractivity contribution in [3.05, 3.63) is 65.9 Å². The van der Waals surface area contributed by atoms with Crippen LogP contribution in [0, 0.1) is 0 Å². The lowest BCUT2D eigenvalue weighted by molar-refractivity contribution is 0.344. The summed E-state index contributed by atoms with van der Waals surface area (Å²) in [6.45, 7) is 0.552. The van der Waals surface area contributed by atoms with E-state index in [4.69, 9.17) is 16.3 Å². The molecule has 0 unspecified atom stereocenters. The van der Waals surface area contributed by atoms with Crippen molar-refractivity contribution in [2.75, 3.05) is 12.4 Å². The van der Waals surface area contributed by atoms with Crippen LogP contribution < -0.4 is 4.74 Å². The molecule has 22 heavy (non-hydrogen) atoms. The summed E-state index contributed by atoms with van der Waals surface area (Å²) < 4.78 is 7.63. The van der Waals surface area contributed by atoms with E-state index >= 15 is 0 Å². The predicted octanol–water partition coefficient (Wildman–Crippen LogP) is 4.09. The van der Waals surface area contributed by atoms with Crippen molar-refractivity contribution >= 4 is 23.4 Å².